The van der Waals surface area contributed by atoms with Crippen molar-refractivity contribution in [1.29, 1.82) is 0 Å². The third-order valence-electron chi connectivity index (χ3n) is 5.98. The molecule has 2 saturated carbocycles. The van der Waals surface area contributed by atoms with Crippen molar-refractivity contribution in [2.75, 3.05) is 13.7 Å². The lowest BCUT2D eigenvalue weighted by Gasteiger charge is -2.42. The van der Waals surface area contributed by atoms with Crippen LogP contribution in [0.4, 0.5) is 4.39 Å². The van der Waals surface area contributed by atoms with Gasteiger partial charge in [0.25, 0.3) is 0 Å². The van der Waals surface area contributed by atoms with Crippen molar-refractivity contribution < 1.29 is 18.7 Å². The Kier molecular flexibility index (Phi) is 6.10. The Morgan fingerprint density at radius 3 is 2.64 bits per heavy atom. The molecule has 1 aromatic carbocycles. The summed E-state index contributed by atoms with van der Waals surface area (Å²) < 4.78 is 25.2. The normalized spacial score (nSPS) is 29.1. The second-order valence-electron chi connectivity index (χ2n) is 7.56. The fraction of sp³-hybridized carbons (Fsp3) is 0.667. The molecule has 0 aliphatic heterocycles. The molecule has 1 aromatic rings. The average molecular weight is 348 g/mol. The first kappa shape index (κ1) is 18.4. The number of carbonyl (C=O) groups is 1. The summed E-state index contributed by atoms with van der Waals surface area (Å²) in [5, 5.41) is 0. The molecule has 2 aliphatic carbocycles. The van der Waals surface area contributed by atoms with Crippen LogP contribution < -0.4 is 0 Å². The molecule has 138 valence electrons. The summed E-state index contributed by atoms with van der Waals surface area (Å²) in [7, 11) is 1.32. The van der Waals surface area contributed by atoms with Crippen LogP contribution in [0.1, 0.15) is 73.7 Å². The molecule has 4 atom stereocenters. The third-order valence-corrected chi connectivity index (χ3v) is 5.98. The predicted octanol–water partition coefficient (Wildman–Crippen LogP) is 5.09. The largest absolute Gasteiger partial charge is 0.465 e. The van der Waals surface area contributed by atoms with Crippen LogP contribution in [-0.4, -0.2) is 25.8 Å². The van der Waals surface area contributed by atoms with Crippen molar-refractivity contribution in [2.24, 2.45) is 11.8 Å². The fourth-order valence-corrected chi connectivity index (χ4v) is 4.67. The highest BCUT2D eigenvalue weighted by Gasteiger charge is 2.37. The van der Waals surface area contributed by atoms with Gasteiger partial charge in [0.2, 0.25) is 0 Å². The summed E-state index contributed by atoms with van der Waals surface area (Å²) in [6.45, 7) is 3.01. The van der Waals surface area contributed by atoms with Crippen molar-refractivity contribution in [3.8, 4) is 0 Å². The van der Waals surface area contributed by atoms with Crippen molar-refractivity contribution >= 4 is 5.97 Å². The summed E-state index contributed by atoms with van der Waals surface area (Å²) in [6, 6.07) is 4.79. The minimum absolute atomic E-state index is 0.265. The lowest BCUT2D eigenvalue weighted by atomic mass is 9.65. The van der Waals surface area contributed by atoms with E-state index in [0.717, 1.165) is 50.2 Å². The van der Waals surface area contributed by atoms with Gasteiger partial charge in [-0.1, -0.05) is 13.0 Å². The molecule has 0 spiro atoms. The van der Waals surface area contributed by atoms with Gasteiger partial charge in [-0.15, -0.1) is 0 Å². The molecule has 4 heteroatoms. The van der Waals surface area contributed by atoms with E-state index in [1.165, 1.54) is 26.0 Å². The quantitative estimate of drug-likeness (QED) is 0.695. The summed E-state index contributed by atoms with van der Waals surface area (Å²) in [4.78, 5) is 11.5. The molecule has 0 amide bonds. The number of hydrogen-bond donors (Lipinski definition) is 0. The maximum Gasteiger partial charge on any atom is 0.337 e. The molecule has 3 rings (SSSR count). The van der Waals surface area contributed by atoms with Crippen LogP contribution in [0, 0.1) is 17.7 Å². The Morgan fingerprint density at radius 2 is 1.92 bits per heavy atom. The summed E-state index contributed by atoms with van der Waals surface area (Å²) >= 11 is 0. The maximum atomic E-state index is 14.5. The topological polar surface area (TPSA) is 35.5 Å². The van der Waals surface area contributed by atoms with E-state index in [9.17, 15) is 9.18 Å². The lowest BCUT2D eigenvalue weighted by Crippen LogP contribution is -2.34. The molecular formula is C21H29FO3. The molecular weight excluding hydrogens is 319 g/mol. The molecule has 2 fully saturated rings. The van der Waals surface area contributed by atoms with E-state index in [4.69, 9.17) is 4.74 Å². The number of benzene rings is 1. The van der Waals surface area contributed by atoms with Crippen LogP contribution in [-0.2, 0) is 9.47 Å². The number of fused-ring (bicyclic) bond motifs is 1. The molecule has 3 nitrogen and oxygen atoms in total. The van der Waals surface area contributed by atoms with E-state index in [1.54, 1.807) is 12.1 Å². The average Bonchev–Trinajstić information content (AvgIpc) is 2.65. The fourth-order valence-electron chi connectivity index (χ4n) is 4.67. The van der Waals surface area contributed by atoms with Crippen LogP contribution >= 0.6 is 0 Å². The van der Waals surface area contributed by atoms with Gasteiger partial charge in [-0.25, -0.2) is 9.18 Å². The standard InChI is InChI=1S/C21H29FO3/c1-3-10-25-18-8-6-14-11-16(5-4-15(14)12-18)19-9-7-17(13-20(19)22)21(23)24-2/h7,9,13-16,18H,3-6,8,10-12H2,1-2H3. The Labute approximate surface area is 149 Å². The molecule has 25 heavy (non-hydrogen) atoms. The van der Waals surface area contributed by atoms with Crippen LogP contribution in [0.15, 0.2) is 18.2 Å². The van der Waals surface area contributed by atoms with Gasteiger partial charge in [-0.3, -0.25) is 0 Å². The Bertz CT molecular complexity index is 601. The van der Waals surface area contributed by atoms with Crippen LogP contribution in [0.25, 0.3) is 0 Å². The number of esters is 1. The monoisotopic (exact) mass is 348 g/mol. The Morgan fingerprint density at radius 1 is 1.16 bits per heavy atom. The molecule has 0 radical (unpaired) electrons. The van der Waals surface area contributed by atoms with Crippen molar-refractivity contribution in [3.63, 3.8) is 0 Å². The number of hydrogen-bond acceptors (Lipinski definition) is 3. The summed E-state index contributed by atoms with van der Waals surface area (Å²) in [6.07, 6.45) is 8.23. The van der Waals surface area contributed by atoms with Crippen molar-refractivity contribution in [2.45, 2.75) is 63.9 Å². The highest BCUT2D eigenvalue weighted by Crippen LogP contribution is 2.47. The summed E-state index contributed by atoms with van der Waals surface area (Å²) in [5.41, 5.74) is 1.04. The first-order valence-electron chi connectivity index (χ1n) is 9.61. The minimum atomic E-state index is -0.487. The van der Waals surface area contributed by atoms with Gasteiger partial charge in [0, 0.05) is 6.61 Å². The number of halogens is 1. The van der Waals surface area contributed by atoms with E-state index < -0.39 is 5.97 Å². The zero-order valence-electron chi connectivity index (χ0n) is 15.3. The first-order valence-corrected chi connectivity index (χ1v) is 9.61. The third kappa shape index (κ3) is 4.22. The molecule has 2 aliphatic rings. The number of methoxy groups -OCH3 is 1. The van der Waals surface area contributed by atoms with Gasteiger partial charge in [0.1, 0.15) is 5.82 Å². The maximum absolute atomic E-state index is 14.5. The van der Waals surface area contributed by atoms with E-state index in [0.29, 0.717) is 12.0 Å². The van der Waals surface area contributed by atoms with E-state index in [1.807, 2.05) is 0 Å². The van der Waals surface area contributed by atoms with Gasteiger partial charge in [0.15, 0.2) is 0 Å². The lowest BCUT2D eigenvalue weighted by molar-refractivity contribution is -0.0148. The first-order chi connectivity index (χ1) is 12.1. The number of carbonyl (C=O) groups excluding carboxylic acids is 1. The van der Waals surface area contributed by atoms with Gasteiger partial charge < -0.3 is 9.47 Å². The Balaban J connectivity index is 1.63. The second-order valence-corrected chi connectivity index (χ2v) is 7.56. The molecule has 0 saturated heterocycles. The molecule has 4 unspecified atom stereocenters. The van der Waals surface area contributed by atoms with Gasteiger partial charge in [0.05, 0.1) is 18.8 Å². The van der Waals surface area contributed by atoms with Crippen LogP contribution in [0.3, 0.4) is 0 Å². The highest BCUT2D eigenvalue weighted by molar-refractivity contribution is 5.89. The SMILES string of the molecule is CCCOC1CCC2CC(c3ccc(C(=O)OC)cc3F)CCC2C1. The number of rotatable bonds is 5. The van der Waals surface area contributed by atoms with E-state index in [2.05, 4.69) is 11.7 Å². The highest BCUT2D eigenvalue weighted by atomic mass is 19.1. The zero-order chi connectivity index (χ0) is 17.8. The van der Waals surface area contributed by atoms with Gasteiger partial charge >= 0.3 is 5.97 Å². The molecule has 0 N–H and O–H groups in total. The smallest absolute Gasteiger partial charge is 0.337 e. The van der Waals surface area contributed by atoms with E-state index >= 15 is 0 Å². The number of ether oxygens (including phenoxy) is 2. The van der Waals surface area contributed by atoms with Crippen molar-refractivity contribution in [1.82, 2.24) is 0 Å². The molecule has 0 aromatic heterocycles. The summed E-state index contributed by atoms with van der Waals surface area (Å²) in [5.74, 6) is 0.913. The zero-order valence-corrected chi connectivity index (χ0v) is 15.3. The van der Waals surface area contributed by atoms with Gasteiger partial charge in [-0.05, 0) is 80.4 Å². The van der Waals surface area contributed by atoms with Crippen molar-refractivity contribution in [3.05, 3.63) is 35.1 Å². The predicted molar refractivity (Wildman–Crippen MR) is 95.2 cm³/mol. The second kappa shape index (κ2) is 8.31. The molecule has 0 bridgehead atoms. The Hall–Kier alpha value is -1.42. The molecule has 0 heterocycles. The van der Waals surface area contributed by atoms with Gasteiger partial charge in [-0.2, -0.15) is 0 Å². The minimum Gasteiger partial charge on any atom is -0.465 e. The van der Waals surface area contributed by atoms with E-state index in [-0.39, 0.29) is 17.3 Å². The van der Waals surface area contributed by atoms with Crippen LogP contribution in [0.2, 0.25) is 0 Å². The van der Waals surface area contributed by atoms with Crippen LogP contribution in [0.5, 0.6) is 0 Å².